The van der Waals surface area contributed by atoms with Gasteiger partial charge in [0, 0.05) is 6.26 Å². The third-order valence-electron chi connectivity index (χ3n) is 2.54. The molecule has 1 N–H and O–H groups in total. The summed E-state index contributed by atoms with van der Waals surface area (Å²) in [4.78, 5) is 14.8. The van der Waals surface area contributed by atoms with E-state index in [1.807, 2.05) is 0 Å². The lowest BCUT2D eigenvalue weighted by molar-refractivity contribution is 0.0696. The van der Waals surface area contributed by atoms with Gasteiger partial charge >= 0.3 is 5.97 Å². The number of benzene rings is 1. The summed E-state index contributed by atoms with van der Waals surface area (Å²) in [5.41, 5.74) is -0.181. The number of hydrogen-bond donors (Lipinski definition) is 1. The van der Waals surface area contributed by atoms with Gasteiger partial charge in [0.2, 0.25) is 0 Å². The van der Waals surface area contributed by atoms with Gasteiger partial charge < -0.3 is 9.52 Å². The zero-order valence-corrected chi connectivity index (χ0v) is 12.4. The van der Waals surface area contributed by atoms with Gasteiger partial charge in [0.25, 0.3) is 0 Å². The number of hydrogen-bond acceptors (Lipinski definition) is 5. The molecule has 0 radical (unpaired) electrons. The Hall–Kier alpha value is -2.12. The molecule has 0 atom stereocenters. The molecule has 0 aliphatic carbocycles. The van der Waals surface area contributed by atoms with Gasteiger partial charge in [0.15, 0.2) is 9.84 Å². The van der Waals surface area contributed by atoms with Crippen LogP contribution in [0.3, 0.4) is 0 Å². The molecular weight excluding hydrogens is 318 g/mol. The number of aliphatic imine (C=N–C) groups is 1. The minimum absolute atomic E-state index is 0.0355. The molecule has 1 aromatic heterocycles. The van der Waals surface area contributed by atoms with E-state index < -0.39 is 15.8 Å². The van der Waals surface area contributed by atoms with Crippen molar-refractivity contribution in [2.75, 3.05) is 6.26 Å². The van der Waals surface area contributed by atoms with Crippen LogP contribution in [0.2, 0.25) is 5.02 Å². The molecule has 0 saturated heterocycles. The molecule has 8 heteroatoms. The van der Waals surface area contributed by atoms with Crippen molar-refractivity contribution in [3.63, 3.8) is 0 Å². The molecular formula is C13H10ClNO5S. The van der Waals surface area contributed by atoms with E-state index in [1.165, 1.54) is 18.5 Å². The summed E-state index contributed by atoms with van der Waals surface area (Å²) >= 11 is 5.99. The van der Waals surface area contributed by atoms with Gasteiger partial charge in [-0.2, -0.15) is 0 Å². The zero-order chi connectivity index (χ0) is 15.6. The Morgan fingerprint density at radius 2 is 2.14 bits per heavy atom. The van der Waals surface area contributed by atoms with Crippen LogP contribution in [0.1, 0.15) is 16.1 Å². The second-order valence-electron chi connectivity index (χ2n) is 4.16. The summed E-state index contributed by atoms with van der Waals surface area (Å²) in [6.07, 6.45) is 3.71. The van der Waals surface area contributed by atoms with E-state index in [1.54, 1.807) is 12.1 Å². The van der Waals surface area contributed by atoms with Gasteiger partial charge in [0.1, 0.15) is 5.76 Å². The van der Waals surface area contributed by atoms with E-state index in [9.17, 15) is 13.2 Å². The van der Waals surface area contributed by atoms with Crippen molar-refractivity contribution < 1.29 is 22.7 Å². The van der Waals surface area contributed by atoms with Crippen LogP contribution < -0.4 is 0 Å². The summed E-state index contributed by atoms with van der Waals surface area (Å²) in [5.74, 6) is -0.848. The van der Waals surface area contributed by atoms with Crippen LogP contribution in [0, 0.1) is 0 Å². The lowest BCUT2D eigenvalue weighted by Crippen LogP contribution is -2.03. The Labute approximate surface area is 125 Å². The molecule has 0 saturated carbocycles. The van der Waals surface area contributed by atoms with Crippen LogP contribution in [0.5, 0.6) is 0 Å². The number of aromatic carboxylic acids is 1. The number of carboxylic acids is 1. The molecule has 110 valence electrons. The van der Waals surface area contributed by atoms with E-state index in [0.29, 0.717) is 5.76 Å². The topological polar surface area (TPSA) is 96.9 Å². The van der Waals surface area contributed by atoms with Crippen LogP contribution in [-0.4, -0.2) is 32.0 Å². The molecule has 0 unspecified atom stereocenters. The van der Waals surface area contributed by atoms with Crippen LogP contribution in [0.15, 0.2) is 44.8 Å². The van der Waals surface area contributed by atoms with Crippen molar-refractivity contribution in [1.29, 1.82) is 0 Å². The second-order valence-corrected chi connectivity index (χ2v) is 6.52. The van der Waals surface area contributed by atoms with E-state index in [2.05, 4.69) is 4.99 Å². The molecule has 2 aromatic rings. The Kier molecular flexibility index (Phi) is 4.15. The number of furan rings is 1. The Morgan fingerprint density at radius 1 is 1.43 bits per heavy atom. The number of carbonyl (C=O) groups is 1. The maximum Gasteiger partial charge on any atom is 0.335 e. The average molecular weight is 328 g/mol. The fourth-order valence-corrected chi connectivity index (χ4v) is 2.92. The predicted molar refractivity (Wildman–Crippen MR) is 77.5 cm³/mol. The molecule has 0 amide bonds. The number of carboxylic acid groups (broad SMARTS) is 1. The second kappa shape index (κ2) is 5.71. The molecule has 0 aliphatic rings. The smallest absolute Gasteiger partial charge is 0.335 e. The average Bonchev–Trinajstić information content (AvgIpc) is 2.88. The van der Waals surface area contributed by atoms with E-state index in [4.69, 9.17) is 21.1 Å². The van der Waals surface area contributed by atoms with Crippen molar-refractivity contribution in [3.8, 4) is 0 Å². The molecule has 0 fully saturated rings. The van der Waals surface area contributed by atoms with Crippen LogP contribution >= 0.6 is 11.6 Å². The van der Waals surface area contributed by atoms with Gasteiger partial charge in [-0.3, -0.25) is 4.99 Å². The first-order valence-corrected chi connectivity index (χ1v) is 7.90. The van der Waals surface area contributed by atoms with Crippen molar-refractivity contribution in [2.45, 2.75) is 4.90 Å². The van der Waals surface area contributed by atoms with E-state index in [0.717, 1.165) is 12.3 Å². The van der Waals surface area contributed by atoms with Crippen molar-refractivity contribution >= 4 is 39.3 Å². The maximum atomic E-state index is 11.7. The standard InChI is InChI=1S/C13H10ClNO5S/c1-21(18,19)11-6-8(13(16)17)5-10(12(11)14)15-7-9-3-2-4-20-9/h2-7H,1H3,(H,16,17)/b15-7+. The Morgan fingerprint density at radius 3 is 2.67 bits per heavy atom. The number of nitrogens with zero attached hydrogens (tertiary/aromatic N) is 1. The van der Waals surface area contributed by atoms with Gasteiger partial charge in [-0.05, 0) is 24.3 Å². The predicted octanol–water partition coefficient (Wildman–Crippen LogP) is 2.79. The summed E-state index contributed by atoms with van der Waals surface area (Å²) in [6.45, 7) is 0. The molecule has 1 aromatic carbocycles. The van der Waals surface area contributed by atoms with Gasteiger partial charge in [-0.25, -0.2) is 13.2 Å². The summed E-state index contributed by atoms with van der Waals surface area (Å²) in [7, 11) is -3.68. The van der Waals surface area contributed by atoms with Crippen molar-refractivity contribution in [1.82, 2.24) is 0 Å². The summed E-state index contributed by atoms with van der Waals surface area (Å²) in [6, 6.07) is 5.49. The highest BCUT2D eigenvalue weighted by atomic mass is 35.5. The highest BCUT2D eigenvalue weighted by molar-refractivity contribution is 7.90. The molecule has 6 nitrogen and oxygen atoms in total. The lowest BCUT2D eigenvalue weighted by atomic mass is 10.2. The third-order valence-corrected chi connectivity index (χ3v) is 4.17. The first-order valence-electron chi connectivity index (χ1n) is 5.63. The van der Waals surface area contributed by atoms with Crippen LogP contribution in [0.4, 0.5) is 5.69 Å². The monoisotopic (exact) mass is 327 g/mol. The van der Waals surface area contributed by atoms with Gasteiger partial charge in [-0.1, -0.05) is 11.6 Å². The minimum atomic E-state index is -3.68. The molecule has 2 rings (SSSR count). The fraction of sp³-hybridized carbons (Fsp3) is 0.0769. The van der Waals surface area contributed by atoms with Gasteiger partial charge in [-0.15, -0.1) is 0 Å². The van der Waals surface area contributed by atoms with E-state index >= 15 is 0 Å². The van der Waals surface area contributed by atoms with Crippen molar-refractivity contribution in [3.05, 3.63) is 46.9 Å². The first kappa shape index (κ1) is 15.3. The Balaban J connectivity index is 2.59. The first-order chi connectivity index (χ1) is 9.79. The molecule has 0 aliphatic heterocycles. The Bertz CT molecular complexity index is 809. The molecule has 1 heterocycles. The highest BCUT2D eigenvalue weighted by Crippen LogP contribution is 2.33. The third kappa shape index (κ3) is 3.50. The van der Waals surface area contributed by atoms with Crippen LogP contribution in [-0.2, 0) is 9.84 Å². The summed E-state index contributed by atoms with van der Waals surface area (Å²) < 4.78 is 28.4. The fourth-order valence-electron chi connectivity index (χ4n) is 1.57. The quantitative estimate of drug-likeness (QED) is 0.871. The number of halogens is 1. The van der Waals surface area contributed by atoms with E-state index in [-0.39, 0.29) is 21.2 Å². The van der Waals surface area contributed by atoms with Gasteiger partial charge in [0.05, 0.1) is 33.6 Å². The van der Waals surface area contributed by atoms with Crippen LogP contribution in [0.25, 0.3) is 0 Å². The highest BCUT2D eigenvalue weighted by Gasteiger charge is 2.19. The molecule has 0 bridgehead atoms. The van der Waals surface area contributed by atoms with Crippen molar-refractivity contribution in [2.24, 2.45) is 4.99 Å². The largest absolute Gasteiger partial charge is 0.478 e. The summed E-state index contributed by atoms with van der Waals surface area (Å²) in [5, 5.41) is 8.90. The molecule has 21 heavy (non-hydrogen) atoms. The zero-order valence-electron chi connectivity index (χ0n) is 10.8. The maximum absolute atomic E-state index is 11.7. The SMILES string of the molecule is CS(=O)(=O)c1cc(C(=O)O)cc(/N=C/c2ccco2)c1Cl. The number of sulfone groups is 1. The lowest BCUT2D eigenvalue weighted by Gasteiger charge is -2.07. The molecule has 0 spiro atoms. The minimum Gasteiger partial charge on any atom is -0.478 e. The normalized spacial score (nSPS) is 11.9. The number of rotatable bonds is 4.